The van der Waals surface area contributed by atoms with Crippen molar-refractivity contribution in [3.8, 4) is 5.75 Å². The molecule has 2 atom stereocenters. The molecular weight excluding hydrogens is 489 g/mol. The molecule has 0 saturated carbocycles. The van der Waals surface area contributed by atoms with E-state index in [0.717, 1.165) is 5.56 Å². The third-order valence-corrected chi connectivity index (χ3v) is 6.60. The summed E-state index contributed by atoms with van der Waals surface area (Å²) in [5, 5.41) is 2.94. The molecule has 5 nitrogen and oxygen atoms in total. The first-order valence-corrected chi connectivity index (χ1v) is 9.69. The molecule has 0 aliphatic heterocycles. The van der Waals surface area contributed by atoms with Crippen molar-refractivity contribution in [3.05, 3.63) is 58.6 Å². The van der Waals surface area contributed by atoms with Crippen molar-refractivity contribution >= 4 is 61.0 Å². The van der Waals surface area contributed by atoms with Crippen LogP contribution in [0, 0.1) is 0 Å². The van der Waals surface area contributed by atoms with Crippen molar-refractivity contribution in [2.45, 2.75) is 9.65 Å². The maximum Gasteiger partial charge on any atom is 0.341 e. The maximum absolute atomic E-state index is 12.6. The number of methoxy groups -OCH3 is 2. The third kappa shape index (κ3) is 4.78. The van der Waals surface area contributed by atoms with Gasteiger partial charge < -0.3 is 14.8 Å². The van der Waals surface area contributed by atoms with E-state index < -0.39 is 10.8 Å². The number of alkyl halides is 2. The highest BCUT2D eigenvalue weighted by atomic mass is 79.9. The molecule has 0 bridgehead atoms. The minimum Gasteiger partial charge on any atom is -0.496 e. The molecule has 1 amide bonds. The molecule has 2 aromatic rings. The predicted octanol–water partition coefficient (Wildman–Crippen LogP) is 4.97. The Kier molecular flexibility index (Phi) is 7.49. The number of amides is 1. The van der Waals surface area contributed by atoms with Gasteiger partial charge in [-0.1, -0.05) is 73.8 Å². The number of ether oxygens (including phenoxy) is 2. The predicted molar refractivity (Wildman–Crippen MR) is 109 cm³/mol. The fourth-order valence-electron chi connectivity index (χ4n) is 2.23. The summed E-state index contributed by atoms with van der Waals surface area (Å²) in [6, 6.07) is 12.4. The fraction of sp³-hybridized carbons (Fsp3) is 0.222. The molecule has 2 rings (SSSR count). The van der Waals surface area contributed by atoms with Gasteiger partial charge in [0.05, 0.1) is 29.8 Å². The molecule has 0 heterocycles. The average Bonchev–Trinajstić information content (AvgIpc) is 2.67. The highest BCUT2D eigenvalue weighted by Gasteiger charge is 2.26. The first kappa shape index (κ1) is 20.7. The molecule has 0 saturated heterocycles. The lowest BCUT2D eigenvalue weighted by molar-refractivity contribution is -0.115. The van der Waals surface area contributed by atoms with Crippen LogP contribution in [0.1, 0.15) is 20.7 Å². The normalized spacial score (nSPS) is 12.8. The number of rotatable bonds is 6. The number of nitrogens with one attached hydrogen (secondary N) is 1. The molecule has 0 fully saturated rings. The molecule has 138 valence electrons. The van der Waals surface area contributed by atoms with Gasteiger partial charge in [-0.25, -0.2) is 4.79 Å². The van der Waals surface area contributed by atoms with Gasteiger partial charge in [-0.3, -0.25) is 4.79 Å². The summed E-state index contributed by atoms with van der Waals surface area (Å²) >= 11 is 13.1. The molecule has 0 aliphatic carbocycles. The van der Waals surface area contributed by atoms with Crippen LogP contribution < -0.4 is 10.1 Å². The summed E-state index contributed by atoms with van der Waals surface area (Å²) < 4.78 is 9.89. The minimum atomic E-state index is -0.579. The highest BCUT2D eigenvalue weighted by Crippen LogP contribution is 2.34. The van der Waals surface area contributed by atoms with E-state index >= 15 is 0 Å². The van der Waals surface area contributed by atoms with Crippen LogP contribution in [0.3, 0.4) is 0 Å². The van der Waals surface area contributed by atoms with Gasteiger partial charge in [-0.15, -0.1) is 0 Å². The quantitative estimate of drug-likeness (QED) is 0.445. The summed E-state index contributed by atoms with van der Waals surface area (Å²) in [6.07, 6.45) is 0. The maximum atomic E-state index is 12.6. The molecule has 8 heteroatoms. The number of anilines is 1. The Morgan fingerprint density at radius 1 is 1.12 bits per heavy atom. The molecule has 0 aliphatic rings. The first-order chi connectivity index (χ1) is 12.4. The van der Waals surface area contributed by atoms with Gasteiger partial charge >= 0.3 is 5.97 Å². The topological polar surface area (TPSA) is 64.6 Å². The fourth-order valence-corrected chi connectivity index (χ4v) is 3.40. The number of hydrogen-bond acceptors (Lipinski definition) is 4. The second-order valence-corrected chi connectivity index (χ2v) is 7.61. The molecular formula is C18H16Br2ClNO4. The summed E-state index contributed by atoms with van der Waals surface area (Å²) in [7, 11) is 2.68. The Morgan fingerprint density at radius 2 is 1.77 bits per heavy atom. The van der Waals surface area contributed by atoms with E-state index in [-0.39, 0.29) is 27.1 Å². The highest BCUT2D eigenvalue weighted by molar-refractivity contribution is 9.12. The van der Waals surface area contributed by atoms with Crippen molar-refractivity contribution < 1.29 is 19.1 Å². The Morgan fingerprint density at radius 3 is 2.35 bits per heavy atom. The lowest BCUT2D eigenvalue weighted by Crippen LogP contribution is -2.26. The molecule has 1 N–H and O–H groups in total. The molecule has 0 spiro atoms. The van der Waals surface area contributed by atoms with Crippen LogP contribution >= 0.6 is 43.5 Å². The van der Waals surface area contributed by atoms with Gasteiger partial charge in [0.15, 0.2) is 0 Å². The van der Waals surface area contributed by atoms with Crippen LogP contribution in [0.4, 0.5) is 5.69 Å². The smallest absolute Gasteiger partial charge is 0.341 e. The lowest BCUT2D eigenvalue weighted by atomic mass is 10.1. The lowest BCUT2D eigenvalue weighted by Gasteiger charge is -2.18. The Labute approximate surface area is 173 Å². The van der Waals surface area contributed by atoms with E-state index in [1.54, 1.807) is 0 Å². The van der Waals surface area contributed by atoms with E-state index in [1.807, 2.05) is 30.3 Å². The largest absolute Gasteiger partial charge is 0.496 e. The van der Waals surface area contributed by atoms with E-state index in [1.165, 1.54) is 26.4 Å². The van der Waals surface area contributed by atoms with E-state index in [4.69, 9.17) is 21.1 Å². The van der Waals surface area contributed by atoms with Gasteiger partial charge in [-0.2, -0.15) is 0 Å². The van der Waals surface area contributed by atoms with Crippen molar-refractivity contribution in [3.63, 3.8) is 0 Å². The van der Waals surface area contributed by atoms with Gasteiger partial charge in [0.2, 0.25) is 5.91 Å². The van der Waals surface area contributed by atoms with Crippen molar-refractivity contribution in [1.82, 2.24) is 0 Å². The van der Waals surface area contributed by atoms with E-state index in [0.29, 0.717) is 5.69 Å². The standard InChI is InChI=1S/C18H16Br2ClNO4/c1-25-14-9-13(12(21)8-11(14)18(24)26-2)22-17(23)16(20)15(19)10-6-4-3-5-7-10/h3-9,15-16H,1-2H3,(H,22,23). The zero-order chi connectivity index (χ0) is 19.3. The molecule has 2 unspecified atom stereocenters. The molecule has 2 aromatic carbocycles. The number of hydrogen-bond donors (Lipinski definition) is 1. The zero-order valence-electron chi connectivity index (χ0n) is 14.0. The van der Waals surface area contributed by atoms with Crippen molar-refractivity contribution in [2.24, 2.45) is 0 Å². The zero-order valence-corrected chi connectivity index (χ0v) is 17.9. The Hall–Kier alpha value is -1.57. The van der Waals surface area contributed by atoms with Crippen LogP contribution in [0.25, 0.3) is 0 Å². The second-order valence-electron chi connectivity index (χ2n) is 5.23. The summed E-state index contributed by atoms with van der Waals surface area (Å²) in [6.45, 7) is 0. The van der Waals surface area contributed by atoms with E-state index in [9.17, 15) is 9.59 Å². The molecule has 26 heavy (non-hydrogen) atoms. The van der Waals surface area contributed by atoms with Crippen LogP contribution in [0.2, 0.25) is 5.02 Å². The van der Waals surface area contributed by atoms with Gasteiger partial charge in [0.1, 0.15) is 16.1 Å². The monoisotopic (exact) mass is 503 g/mol. The number of benzene rings is 2. The summed E-state index contributed by atoms with van der Waals surface area (Å²) in [4.78, 5) is 23.6. The van der Waals surface area contributed by atoms with Crippen LogP contribution in [0.5, 0.6) is 5.75 Å². The van der Waals surface area contributed by atoms with Gasteiger partial charge in [0.25, 0.3) is 0 Å². The molecule has 0 radical (unpaired) electrons. The third-order valence-electron chi connectivity index (χ3n) is 3.58. The summed E-state index contributed by atoms with van der Waals surface area (Å²) in [5.74, 6) is -0.629. The second kappa shape index (κ2) is 9.39. The summed E-state index contributed by atoms with van der Waals surface area (Å²) in [5.41, 5.74) is 1.46. The van der Waals surface area contributed by atoms with E-state index in [2.05, 4.69) is 37.2 Å². The van der Waals surface area contributed by atoms with Gasteiger partial charge in [0, 0.05) is 6.07 Å². The Balaban J connectivity index is 2.22. The number of carbonyl (C=O) groups excluding carboxylic acids is 2. The first-order valence-electron chi connectivity index (χ1n) is 7.48. The minimum absolute atomic E-state index is 0.177. The number of halogens is 3. The average molecular weight is 506 g/mol. The van der Waals surface area contributed by atoms with Crippen LogP contribution in [0.15, 0.2) is 42.5 Å². The Bertz CT molecular complexity index is 801. The number of carbonyl (C=O) groups is 2. The number of esters is 1. The van der Waals surface area contributed by atoms with Crippen molar-refractivity contribution in [1.29, 1.82) is 0 Å². The SMILES string of the molecule is COC(=O)c1cc(Cl)c(NC(=O)C(Br)C(Br)c2ccccc2)cc1OC. The van der Waals surface area contributed by atoms with Crippen LogP contribution in [-0.4, -0.2) is 30.9 Å². The molecule has 0 aromatic heterocycles. The van der Waals surface area contributed by atoms with Gasteiger partial charge in [-0.05, 0) is 11.6 Å². The van der Waals surface area contributed by atoms with Crippen molar-refractivity contribution in [2.75, 3.05) is 19.5 Å². The van der Waals surface area contributed by atoms with Crippen LogP contribution in [-0.2, 0) is 9.53 Å².